The van der Waals surface area contributed by atoms with E-state index in [1.54, 1.807) is 6.20 Å². The summed E-state index contributed by atoms with van der Waals surface area (Å²) in [6.07, 6.45) is 4.09. The Morgan fingerprint density at radius 2 is 2.33 bits per heavy atom. The minimum absolute atomic E-state index is 0.128. The van der Waals surface area contributed by atoms with Gasteiger partial charge in [0.1, 0.15) is 6.04 Å². The number of urea groups is 1. The summed E-state index contributed by atoms with van der Waals surface area (Å²) in [6.45, 7) is 3.29. The third-order valence-electron chi connectivity index (χ3n) is 3.22. The summed E-state index contributed by atoms with van der Waals surface area (Å²) in [7, 11) is 0. The first-order valence-electron chi connectivity index (χ1n) is 6.90. The van der Waals surface area contributed by atoms with Gasteiger partial charge in [0, 0.05) is 31.9 Å². The highest BCUT2D eigenvalue weighted by molar-refractivity contribution is 6.04. The van der Waals surface area contributed by atoms with E-state index < -0.39 is 12.1 Å². The van der Waals surface area contributed by atoms with Gasteiger partial charge < -0.3 is 10.6 Å². The SMILES string of the molecule is C[C@@H](CNC(=O)CC[C@@H]1NC(=O)NC1=O)Cn1cccn1. The molecule has 3 N–H and O–H groups in total. The Morgan fingerprint density at radius 1 is 1.52 bits per heavy atom. The summed E-state index contributed by atoms with van der Waals surface area (Å²) in [5, 5.41) is 11.5. The molecule has 4 amide bonds. The first-order valence-corrected chi connectivity index (χ1v) is 6.90. The zero-order chi connectivity index (χ0) is 15.2. The van der Waals surface area contributed by atoms with Gasteiger partial charge in [-0.3, -0.25) is 19.6 Å². The molecule has 0 radical (unpaired) electrons. The van der Waals surface area contributed by atoms with Crippen LogP contribution in [0, 0.1) is 5.92 Å². The highest BCUT2D eigenvalue weighted by atomic mass is 16.2. The molecule has 1 aliphatic rings. The van der Waals surface area contributed by atoms with Crippen LogP contribution in [0.4, 0.5) is 4.79 Å². The number of hydrogen-bond donors (Lipinski definition) is 3. The smallest absolute Gasteiger partial charge is 0.322 e. The van der Waals surface area contributed by atoms with E-state index in [1.807, 2.05) is 23.9 Å². The molecule has 1 aliphatic heterocycles. The van der Waals surface area contributed by atoms with Crippen LogP contribution in [0.15, 0.2) is 18.5 Å². The molecule has 0 aliphatic carbocycles. The number of rotatable bonds is 7. The van der Waals surface area contributed by atoms with Crippen molar-refractivity contribution in [1.82, 2.24) is 25.7 Å². The summed E-state index contributed by atoms with van der Waals surface area (Å²) in [5.74, 6) is -0.251. The maximum atomic E-state index is 11.7. The summed E-state index contributed by atoms with van der Waals surface area (Å²) in [4.78, 5) is 33.9. The maximum absolute atomic E-state index is 11.7. The largest absolute Gasteiger partial charge is 0.356 e. The van der Waals surface area contributed by atoms with Gasteiger partial charge in [-0.2, -0.15) is 5.10 Å². The van der Waals surface area contributed by atoms with Crippen molar-refractivity contribution in [2.75, 3.05) is 6.54 Å². The van der Waals surface area contributed by atoms with Crippen molar-refractivity contribution in [2.24, 2.45) is 5.92 Å². The number of nitrogens with zero attached hydrogens (tertiary/aromatic N) is 2. The Labute approximate surface area is 122 Å². The topological polar surface area (TPSA) is 105 Å². The summed E-state index contributed by atoms with van der Waals surface area (Å²) >= 11 is 0. The first kappa shape index (κ1) is 15.0. The van der Waals surface area contributed by atoms with E-state index in [1.165, 1.54) is 0 Å². The normalized spacial score (nSPS) is 19.0. The number of aromatic nitrogens is 2. The lowest BCUT2D eigenvalue weighted by Crippen LogP contribution is -2.33. The van der Waals surface area contributed by atoms with Gasteiger partial charge in [0.25, 0.3) is 5.91 Å². The third kappa shape index (κ3) is 4.59. The molecule has 0 spiro atoms. The summed E-state index contributed by atoms with van der Waals surface area (Å²) in [6, 6.07) is 0.745. The van der Waals surface area contributed by atoms with Crippen molar-refractivity contribution in [1.29, 1.82) is 0 Å². The molecule has 114 valence electrons. The van der Waals surface area contributed by atoms with Crippen molar-refractivity contribution in [3.05, 3.63) is 18.5 Å². The van der Waals surface area contributed by atoms with Crippen LogP contribution in [0.2, 0.25) is 0 Å². The molecule has 1 saturated heterocycles. The average Bonchev–Trinajstić information content (AvgIpc) is 3.04. The molecule has 21 heavy (non-hydrogen) atoms. The molecular formula is C13H19N5O3. The van der Waals surface area contributed by atoms with Crippen LogP contribution in [0.25, 0.3) is 0 Å². The van der Waals surface area contributed by atoms with Crippen molar-refractivity contribution in [3.63, 3.8) is 0 Å². The fourth-order valence-corrected chi connectivity index (χ4v) is 2.11. The van der Waals surface area contributed by atoms with Crippen molar-refractivity contribution >= 4 is 17.8 Å². The van der Waals surface area contributed by atoms with E-state index in [0.29, 0.717) is 13.0 Å². The number of hydrogen-bond acceptors (Lipinski definition) is 4. The Morgan fingerprint density at radius 3 is 2.95 bits per heavy atom. The highest BCUT2D eigenvalue weighted by Gasteiger charge is 2.29. The van der Waals surface area contributed by atoms with Gasteiger partial charge in [0.05, 0.1) is 0 Å². The van der Waals surface area contributed by atoms with Gasteiger partial charge in [-0.05, 0) is 18.4 Å². The standard InChI is InChI=1S/C13H19N5O3/c1-9(8-18-6-2-5-15-18)7-14-11(19)4-3-10-12(20)17-13(21)16-10/h2,5-6,9-10H,3-4,7-8H2,1H3,(H,14,19)(H2,16,17,20,21)/t9-,10-/m0/s1. The fraction of sp³-hybridized carbons (Fsp3) is 0.538. The lowest BCUT2D eigenvalue weighted by molar-refractivity contribution is -0.122. The predicted octanol–water partition coefficient (Wildman–Crippen LogP) is -0.376. The van der Waals surface area contributed by atoms with E-state index in [-0.39, 0.29) is 24.2 Å². The second-order valence-electron chi connectivity index (χ2n) is 5.19. The summed E-state index contributed by atoms with van der Waals surface area (Å²) in [5.41, 5.74) is 0. The fourth-order valence-electron chi connectivity index (χ4n) is 2.11. The van der Waals surface area contributed by atoms with Crippen LogP contribution >= 0.6 is 0 Å². The van der Waals surface area contributed by atoms with Crippen molar-refractivity contribution in [3.8, 4) is 0 Å². The zero-order valence-corrected chi connectivity index (χ0v) is 11.8. The minimum atomic E-state index is -0.607. The molecule has 8 nitrogen and oxygen atoms in total. The molecule has 1 aromatic heterocycles. The predicted molar refractivity (Wildman–Crippen MR) is 74.1 cm³/mol. The van der Waals surface area contributed by atoms with E-state index in [0.717, 1.165) is 6.54 Å². The molecule has 0 bridgehead atoms. The van der Waals surface area contributed by atoms with E-state index >= 15 is 0 Å². The molecule has 2 rings (SSSR count). The van der Waals surface area contributed by atoms with Gasteiger partial charge in [-0.25, -0.2) is 4.79 Å². The van der Waals surface area contributed by atoms with Gasteiger partial charge in [-0.15, -0.1) is 0 Å². The van der Waals surface area contributed by atoms with Crippen molar-refractivity contribution in [2.45, 2.75) is 32.4 Å². The van der Waals surface area contributed by atoms with Crippen LogP contribution < -0.4 is 16.0 Å². The van der Waals surface area contributed by atoms with E-state index in [4.69, 9.17) is 0 Å². The molecule has 1 fully saturated rings. The Bertz CT molecular complexity index is 514. The van der Waals surface area contributed by atoms with Crippen LogP contribution in [0.5, 0.6) is 0 Å². The molecule has 2 heterocycles. The second-order valence-corrected chi connectivity index (χ2v) is 5.19. The number of nitrogens with one attached hydrogen (secondary N) is 3. The Hall–Kier alpha value is -2.38. The molecule has 0 unspecified atom stereocenters. The minimum Gasteiger partial charge on any atom is -0.356 e. The number of carbonyl (C=O) groups is 3. The number of carbonyl (C=O) groups excluding carboxylic acids is 3. The average molecular weight is 293 g/mol. The lowest BCUT2D eigenvalue weighted by atomic mass is 10.1. The van der Waals surface area contributed by atoms with Crippen LogP contribution in [-0.2, 0) is 16.1 Å². The van der Waals surface area contributed by atoms with Crippen LogP contribution in [-0.4, -0.2) is 40.2 Å². The molecule has 0 aromatic carbocycles. The monoisotopic (exact) mass is 293 g/mol. The van der Waals surface area contributed by atoms with Crippen LogP contribution in [0.3, 0.4) is 0 Å². The third-order valence-corrected chi connectivity index (χ3v) is 3.22. The molecule has 2 atom stereocenters. The van der Waals surface area contributed by atoms with Gasteiger partial charge in [0.2, 0.25) is 5.91 Å². The van der Waals surface area contributed by atoms with E-state index in [2.05, 4.69) is 21.0 Å². The molecular weight excluding hydrogens is 274 g/mol. The molecule has 0 saturated carbocycles. The Kier molecular flexibility index (Phi) is 4.91. The zero-order valence-electron chi connectivity index (χ0n) is 11.8. The van der Waals surface area contributed by atoms with Gasteiger partial charge >= 0.3 is 6.03 Å². The molecule has 1 aromatic rings. The second kappa shape index (κ2) is 6.87. The maximum Gasteiger partial charge on any atom is 0.322 e. The van der Waals surface area contributed by atoms with Gasteiger partial charge in [-0.1, -0.05) is 6.92 Å². The Balaban J connectivity index is 1.63. The molecule has 8 heteroatoms. The highest BCUT2D eigenvalue weighted by Crippen LogP contribution is 2.03. The van der Waals surface area contributed by atoms with Crippen molar-refractivity contribution < 1.29 is 14.4 Å². The van der Waals surface area contributed by atoms with E-state index in [9.17, 15) is 14.4 Å². The van der Waals surface area contributed by atoms with Gasteiger partial charge in [0.15, 0.2) is 0 Å². The quantitative estimate of drug-likeness (QED) is 0.596. The van der Waals surface area contributed by atoms with Crippen LogP contribution in [0.1, 0.15) is 19.8 Å². The lowest BCUT2D eigenvalue weighted by Gasteiger charge is -2.13. The number of amides is 4. The summed E-state index contributed by atoms with van der Waals surface area (Å²) < 4.78 is 1.81. The number of imide groups is 1. The first-order chi connectivity index (χ1) is 10.0.